The van der Waals surface area contributed by atoms with Crippen LogP contribution in [0.5, 0.6) is 0 Å². The number of rotatable bonds is 5. The van der Waals surface area contributed by atoms with Crippen LogP contribution in [0.3, 0.4) is 0 Å². The van der Waals surface area contributed by atoms with Crippen LogP contribution in [0.1, 0.15) is 32.2 Å². The first-order valence-electron chi connectivity index (χ1n) is 6.82. The average molecular weight is 292 g/mol. The first-order valence-corrected chi connectivity index (χ1v) is 6.82. The molecule has 0 spiro atoms. The third-order valence-corrected chi connectivity index (χ3v) is 3.00. The van der Waals surface area contributed by atoms with Crippen molar-refractivity contribution < 1.29 is 4.39 Å². The van der Waals surface area contributed by atoms with Crippen LogP contribution < -0.4 is 10.6 Å². The van der Waals surface area contributed by atoms with Crippen molar-refractivity contribution in [2.45, 2.75) is 39.4 Å². The molecule has 21 heavy (non-hydrogen) atoms. The Kier molecular flexibility index (Phi) is 4.52. The Labute approximate surface area is 123 Å². The van der Waals surface area contributed by atoms with Gasteiger partial charge in [0.1, 0.15) is 6.33 Å². The van der Waals surface area contributed by atoms with Gasteiger partial charge in [0.2, 0.25) is 0 Å². The van der Waals surface area contributed by atoms with Gasteiger partial charge in [-0.2, -0.15) is 0 Å². The Morgan fingerprint density at radius 2 is 2.05 bits per heavy atom. The van der Waals surface area contributed by atoms with E-state index in [1.165, 1.54) is 0 Å². The van der Waals surface area contributed by atoms with E-state index < -0.39 is 0 Å². The topological polar surface area (TPSA) is 67.7 Å². The predicted molar refractivity (Wildman–Crippen MR) is 79.1 cm³/mol. The van der Waals surface area contributed by atoms with Gasteiger partial charge < -0.3 is 15.2 Å². The molecule has 2 rings (SSSR count). The summed E-state index contributed by atoms with van der Waals surface area (Å²) in [6.07, 6.45) is 3.20. The lowest BCUT2D eigenvalue weighted by atomic mass is 10.1. The molecule has 0 fully saturated rings. The van der Waals surface area contributed by atoms with Crippen molar-refractivity contribution >= 4 is 5.82 Å². The molecular formula is C14H21FN6. The molecule has 7 heteroatoms. The van der Waals surface area contributed by atoms with Gasteiger partial charge in [-0.05, 0) is 26.8 Å². The number of aryl methyl sites for hydroxylation is 1. The molecule has 2 heterocycles. The summed E-state index contributed by atoms with van der Waals surface area (Å²) in [5.74, 6) is 0.608. The number of nitrogens with one attached hydrogen (secondary N) is 2. The Bertz CT molecular complexity index is 602. The molecule has 0 aliphatic heterocycles. The van der Waals surface area contributed by atoms with Crippen LogP contribution in [0.4, 0.5) is 10.2 Å². The van der Waals surface area contributed by atoms with Gasteiger partial charge >= 0.3 is 0 Å². The summed E-state index contributed by atoms with van der Waals surface area (Å²) in [4.78, 5) is 4.04. The number of nitrogens with zero attached hydrogens (tertiary/aromatic N) is 4. The minimum atomic E-state index is -0.337. The van der Waals surface area contributed by atoms with E-state index in [0.29, 0.717) is 18.7 Å². The fourth-order valence-electron chi connectivity index (χ4n) is 1.73. The van der Waals surface area contributed by atoms with Crippen molar-refractivity contribution in [2.75, 3.05) is 5.32 Å². The highest BCUT2D eigenvalue weighted by atomic mass is 19.1. The van der Waals surface area contributed by atoms with Gasteiger partial charge in [0.05, 0.1) is 6.54 Å². The molecule has 2 N–H and O–H groups in total. The summed E-state index contributed by atoms with van der Waals surface area (Å²) in [5.41, 5.74) is 0.516. The Balaban J connectivity index is 2.05. The Morgan fingerprint density at radius 1 is 1.29 bits per heavy atom. The highest BCUT2D eigenvalue weighted by molar-refractivity contribution is 5.40. The van der Waals surface area contributed by atoms with Gasteiger partial charge in [-0.25, -0.2) is 9.37 Å². The largest absolute Gasteiger partial charge is 0.360 e. The van der Waals surface area contributed by atoms with Crippen LogP contribution >= 0.6 is 0 Å². The number of pyridine rings is 1. The summed E-state index contributed by atoms with van der Waals surface area (Å²) < 4.78 is 16.1. The van der Waals surface area contributed by atoms with E-state index in [-0.39, 0.29) is 17.2 Å². The molecule has 0 aliphatic rings. The molecule has 0 saturated carbocycles. The first kappa shape index (κ1) is 15.4. The zero-order chi connectivity index (χ0) is 15.5. The molecule has 0 amide bonds. The summed E-state index contributed by atoms with van der Waals surface area (Å²) in [5, 5.41) is 13.9. The monoisotopic (exact) mass is 292 g/mol. The minimum Gasteiger partial charge on any atom is -0.360 e. The van der Waals surface area contributed by atoms with Crippen LogP contribution in [0.25, 0.3) is 0 Å². The lowest BCUT2D eigenvalue weighted by Crippen LogP contribution is -2.35. The lowest BCUT2D eigenvalue weighted by molar-refractivity contribution is 0.418. The van der Waals surface area contributed by atoms with E-state index in [2.05, 4.69) is 25.8 Å². The molecule has 6 nitrogen and oxygen atoms in total. The molecule has 0 aliphatic carbocycles. The standard InChI is InChI=1S/C14H21FN6/c1-14(2,3)18-7-10-5-6-16-13(12(10)15)17-8-11-20-19-9-21(11)4/h5-6,9,18H,7-8H2,1-4H3,(H,16,17). The summed E-state index contributed by atoms with van der Waals surface area (Å²) in [6, 6.07) is 1.68. The highest BCUT2D eigenvalue weighted by Crippen LogP contribution is 2.16. The normalized spacial score (nSPS) is 11.7. The maximum atomic E-state index is 14.4. The van der Waals surface area contributed by atoms with Crippen molar-refractivity contribution in [1.82, 2.24) is 25.1 Å². The fraction of sp³-hybridized carbons (Fsp3) is 0.500. The SMILES string of the molecule is Cn1cnnc1CNc1nccc(CNC(C)(C)C)c1F. The number of hydrogen-bond acceptors (Lipinski definition) is 5. The fourth-order valence-corrected chi connectivity index (χ4v) is 1.73. The third kappa shape index (κ3) is 4.22. The molecule has 0 saturated heterocycles. The van der Waals surface area contributed by atoms with Gasteiger partial charge in [-0.15, -0.1) is 10.2 Å². The lowest BCUT2D eigenvalue weighted by Gasteiger charge is -2.21. The van der Waals surface area contributed by atoms with Crippen molar-refractivity contribution in [3.63, 3.8) is 0 Å². The number of aromatic nitrogens is 4. The molecule has 2 aromatic heterocycles. The molecule has 0 radical (unpaired) electrons. The second-order valence-electron chi connectivity index (χ2n) is 5.95. The quantitative estimate of drug-likeness (QED) is 0.880. The molecule has 0 atom stereocenters. The van der Waals surface area contributed by atoms with Crippen molar-refractivity contribution in [3.05, 3.63) is 35.8 Å². The molecule has 2 aromatic rings. The zero-order valence-electron chi connectivity index (χ0n) is 12.8. The van der Waals surface area contributed by atoms with Crippen molar-refractivity contribution in [2.24, 2.45) is 7.05 Å². The average Bonchev–Trinajstić information content (AvgIpc) is 2.81. The van der Waals surface area contributed by atoms with Gasteiger partial charge in [0, 0.05) is 30.9 Å². The van der Waals surface area contributed by atoms with Crippen molar-refractivity contribution in [3.8, 4) is 0 Å². The van der Waals surface area contributed by atoms with Crippen LogP contribution in [-0.4, -0.2) is 25.3 Å². The maximum absolute atomic E-state index is 14.4. The molecule has 0 bridgehead atoms. The van der Waals surface area contributed by atoms with Crippen LogP contribution in [0.15, 0.2) is 18.6 Å². The van der Waals surface area contributed by atoms with E-state index in [9.17, 15) is 4.39 Å². The zero-order valence-corrected chi connectivity index (χ0v) is 12.8. The second-order valence-corrected chi connectivity index (χ2v) is 5.95. The molecule has 0 aromatic carbocycles. The maximum Gasteiger partial charge on any atom is 0.169 e. The first-order chi connectivity index (χ1) is 9.87. The van der Waals surface area contributed by atoms with Crippen LogP contribution in [0, 0.1) is 5.82 Å². The highest BCUT2D eigenvalue weighted by Gasteiger charge is 2.13. The van der Waals surface area contributed by atoms with E-state index in [1.807, 2.05) is 27.8 Å². The summed E-state index contributed by atoms with van der Waals surface area (Å²) in [7, 11) is 1.84. The summed E-state index contributed by atoms with van der Waals surface area (Å²) >= 11 is 0. The van der Waals surface area contributed by atoms with Gasteiger partial charge in [-0.1, -0.05) is 0 Å². The van der Waals surface area contributed by atoms with E-state index in [4.69, 9.17) is 0 Å². The van der Waals surface area contributed by atoms with Gasteiger partial charge in [-0.3, -0.25) is 0 Å². The van der Waals surface area contributed by atoms with E-state index in [0.717, 1.165) is 5.82 Å². The summed E-state index contributed by atoms with van der Waals surface area (Å²) in [6.45, 7) is 6.95. The smallest absolute Gasteiger partial charge is 0.169 e. The van der Waals surface area contributed by atoms with Crippen LogP contribution in [0.2, 0.25) is 0 Å². The van der Waals surface area contributed by atoms with E-state index in [1.54, 1.807) is 23.2 Å². The van der Waals surface area contributed by atoms with Gasteiger partial charge in [0.25, 0.3) is 0 Å². The van der Waals surface area contributed by atoms with Crippen molar-refractivity contribution in [1.29, 1.82) is 0 Å². The number of hydrogen-bond donors (Lipinski definition) is 2. The van der Waals surface area contributed by atoms with Gasteiger partial charge in [0.15, 0.2) is 17.5 Å². The molecular weight excluding hydrogens is 271 g/mol. The number of halogens is 1. The minimum absolute atomic E-state index is 0.0675. The Hall–Kier alpha value is -2.02. The third-order valence-electron chi connectivity index (χ3n) is 3.00. The van der Waals surface area contributed by atoms with Crippen LogP contribution in [-0.2, 0) is 20.1 Å². The second kappa shape index (κ2) is 6.17. The number of anilines is 1. The molecule has 0 unspecified atom stereocenters. The predicted octanol–water partition coefficient (Wildman–Crippen LogP) is 1.85. The Morgan fingerprint density at radius 3 is 2.67 bits per heavy atom. The molecule has 114 valence electrons. The van der Waals surface area contributed by atoms with E-state index >= 15 is 0 Å².